The first kappa shape index (κ1) is 20.5. The van der Waals surface area contributed by atoms with Crippen LogP contribution in [0.15, 0.2) is 53.4 Å². The van der Waals surface area contributed by atoms with Crippen LogP contribution >= 0.6 is 0 Å². The van der Waals surface area contributed by atoms with Crippen molar-refractivity contribution in [3.8, 4) is 5.75 Å². The number of alkyl halides is 2. The van der Waals surface area contributed by atoms with E-state index in [1.807, 2.05) is 0 Å². The van der Waals surface area contributed by atoms with Gasteiger partial charge < -0.3 is 10.1 Å². The number of halogens is 2. The van der Waals surface area contributed by atoms with E-state index >= 15 is 0 Å². The zero-order chi connectivity index (χ0) is 20.0. The van der Waals surface area contributed by atoms with Crippen molar-refractivity contribution >= 4 is 27.7 Å². The number of hydrogen-bond acceptors (Lipinski definition) is 4. The molecule has 0 aliphatic heterocycles. The molecule has 9 heteroatoms. The van der Waals surface area contributed by atoms with Crippen LogP contribution in [0.25, 0.3) is 6.08 Å². The minimum atomic E-state index is -3.67. The van der Waals surface area contributed by atoms with E-state index in [1.165, 1.54) is 37.4 Å². The Morgan fingerprint density at radius 1 is 1.19 bits per heavy atom. The maximum absolute atomic E-state index is 12.4. The fourth-order valence-electron chi connectivity index (χ4n) is 2.25. The molecular formula is C18H18F2N2O4S. The molecule has 2 aromatic carbocycles. The molecular weight excluding hydrogens is 378 g/mol. The SMILES string of the molecule is CNS(=O)(=O)c1cc(NC(=O)/C=C/c2ccccc2OC(F)F)ccc1C. The summed E-state index contributed by atoms with van der Waals surface area (Å²) in [4.78, 5) is 12.1. The van der Waals surface area contributed by atoms with Crippen molar-refractivity contribution in [2.45, 2.75) is 18.4 Å². The van der Waals surface area contributed by atoms with Gasteiger partial charge >= 0.3 is 6.61 Å². The number of nitrogens with one attached hydrogen (secondary N) is 2. The maximum atomic E-state index is 12.4. The predicted molar refractivity (Wildman–Crippen MR) is 98.2 cm³/mol. The number of carbonyl (C=O) groups excluding carboxylic acids is 1. The lowest BCUT2D eigenvalue weighted by molar-refractivity contribution is -0.111. The highest BCUT2D eigenvalue weighted by atomic mass is 32.2. The summed E-state index contributed by atoms with van der Waals surface area (Å²) < 4.78 is 55.4. The summed E-state index contributed by atoms with van der Waals surface area (Å²) in [6, 6.07) is 10.5. The normalized spacial score (nSPS) is 11.7. The molecule has 2 rings (SSSR count). The number of benzene rings is 2. The van der Waals surface area contributed by atoms with Gasteiger partial charge in [-0.2, -0.15) is 8.78 Å². The molecule has 0 heterocycles. The molecule has 0 spiro atoms. The highest BCUT2D eigenvalue weighted by Crippen LogP contribution is 2.22. The number of rotatable bonds is 7. The van der Waals surface area contributed by atoms with Crippen LogP contribution in [0.4, 0.5) is 14.5 Å². The lowest BCUT2D eigenvalue weighted by Crippen LogP contribution is -2.20. The zero-order valence-corrected chi connectivity index (χ0v) is 15.4. The van der Waals surface area contributed by atoms with Gasteiger partial charge in [-0.05, 0) is 43.8 Å². The average Bonchev–Trinajstić information content (AvgIpc) is 2.62. The van der Waals surface area contributed by atoms with Crippen molar-refractivity contribution in [2.75, 3.05) is 12.4 Å². The summed E-state index contributed by atoms with van der Waals surface area (Å²) in [5, 5.41) is 2.53. The first-order valence-electron chi connectivity index (χ1n) is 7.80. The van der Waals surface area contributed by atoms with E-state index in [0.717, 1.165) is 6.08 Å². The molecule has 0 saturated carbocycles. The molecule has 2 N–H and O–H groups in total. The Morgan fingerprint density at radius 3 is 2.56 bits per heavy atom. The highest BCUT2D eigenvalue weighted by molar-refractivity contribution is 7.89. The molecule has 0 unspecified atom stereocenters. The second kappa shape index (κ2) is 8.74. The maximum Gasteiger partial charge on any atom is 0.387 e. The van der Waals surface area contributed by atoms with E-state index < -0.39 is 22.5 Å². The van der Waals surface area contributed by atoms with E-state index in [-0.39, 0.29) is 16.3 Å². The van der Waals surface area contributed by atoms with E-state index in [4.69, 9.17) is 0 Å². The number of hydrogen-bond donors (Lipinski definition) is 2. The molecule has 0 atom stereocenters. The van der Waals surface area contributed by atoms with E-state index in [9.17, 15) is 22.0 Å². The van der Waals surface area contributed by atoms with Gasteiger partial charge in [0.05, 0.1) is 4.90 Å². The van der Waals surface area contributed by atoms with E-state index in [2.05, 4.69) is 14.8 Å². The Morgan fingerprint density at radius 2 is 1.89 bits per heavy atom. The summed E-state index contributed by atoms with van der Waals surface area (Å²) in [6.07, 6.45) is 2.46. The predicted octanol–water partition coefficient (Wildman–Crippen LogP) is 3.16. The fraction of sp³-hybridized carbons (Fsp3) is 0.167. The minimum Gasteiger partial charge on any atom is -0.434 e. The third-order valence-corrected chi connectivity index (χ3v) is 5.12. The van der Waals surface area contributed by atoms with Crippen LogP contribution in [-0.4, -0.2) is 28.0 Å². The van der Waals surface area contributed by atoms with Gasteiger partial charge in [-0.25, -0.2) is 13.1 Å². The third kappa shape index (κ3) is 5.60. The lowest BCUT2D eigenvalue weighted by atomic mass is 10.2. The summed E-state index contributed by atoms with van der Waals surface area (Å²) in [7, 11) is -2.37. The zero-order valence-electron chi connectivity index (χ0n) is 14.6. The van der Waals surface area contributed by atoms with Crippen LogP contribution < -0.4 is 14.8 Å². The van der Waals surface area contributed by atoms with E-state index in [1.54, 1.807) is 25.1 Å². The Labute approximate surface area is 155 Å². The number of ether oxygens (including phenoxy) is 1. The number of amides is 1. The highest BCUT2D eigenvalue weighted by Gasteiger charge is 2.15. The number of carbonyl (C=O) groups is 1. The summed E-state index contributed by atoms with van der Waals surface area (Å²) >= 11 is 0. The summed E-state index contributed by atoms with van der Waals surface area (Å²) in [6.45, 7) is -1.34. The van der Waals surface area contributed by atoms with Crippen molar-refractivity contribution in [3.63, 3.8) is 0 Å². The molecule has 27 heavy (non-hydrogen) atoms. The molecule has 0 aliphatic rings. The van der Waals surface area contributed by atoms with Crippen molar-refractivity contribution in [3.05, 3.63) is 59.7 Å². The number of aryl methyl sites for hydroxylation is 1. The second-order valence-corrected chi connectivity index (χ2v) is 7.28. The molecule has 0 aliphatic carbocycles. The largest absolute Gasteiger partial charge is 0.434 e. The molecule has 144 valence electrons. The third-order valence-electron chi connectivity index (χ3n) is 3.56. The van der Waals surface area contributed by atoms with Crippen molar-refractivity contribution < 1.29 is 26.7 Å². The van der Waals surface area contributed by atoms with Crippen molar-refractivity contribution in [1.29, 1.82) is 0 Å². The van der Waals surface area contributed by atoms with Crippen LogP contribution in [0.2, 0.25) is 0 Å². The first-order chi connectivity index (χ1) is 12.7. The van der Waals surface area contributed by atoms with E-state index in [0.29, 0.717) is 11.1 Å². The van der Waals surface area contributed by atoms with Crippen molar-refractivity contribution in [2.24, 2.45) is 0 Å². The van der Waals surface area contributed by atoms with Gasteiger partial charge in [0.2, 0.25) is 15.9 Å². The van der Waals surface area contributed by atoms with Gasteiger partial charge in [0.15, 0.2) is 0 Å². The lowest BCUT2D eigenvalue weighted by Gasteiger charge is -2.10. The first-order valence-corrected chi connectivity index (χ1v) is 9.28. The Balaban J connectivity index is 2.17. The number of para-hydroxylation sites is 1. The standard InChI is InChI=1S/C18H18F2N2O4S/c1-12-7-9-14(11-16(12)27(24,25)21-2)22-17(23)10-8-13-5-3-4-6-15(13)26-18(19)20/h3-11,18,21H,1-2H3,(H,22,23)/b10-8+. The van der Waals surface area contributed by atoms with Gasteiger partial charge in [0.25, 0.3) is 0 Å². The Hall–Kier alpha value is -2.78. The molecule has 6 nitrogen and oxygen atoms in total. The van der Waals surface area contributed by atoms with Crippen molar-refractivity contribution in [1.82, 2.24) is 4.72 Å². The molecule has 0 aromatic heterocycles. The number of anilines is 1. The Bertz CT molecular complexity index is 960. The summed E-state index contributed by atoms with van der Waals surface area (Å²) in [5.41, 5.74) is 1.10. The molecule has 0 saturated heterocycles. The number of sulfonamides is 1. The quantitative estimate of drug-likeness (QED) is 0.704. The summed E-state index contributed by atoms with van der Waals surface area (Å²) in [5.74, 6) is -0.618. The second-order valence-electron chi connectivity index (χ2n) is 5.43. The molecule has 0 fully saturated rings. The monoisotopic (exact) mass is 396 g/mol. The van der Waals surface area contributed by atoms with Gasteiger partial charge in [-0.1, -0.05) is 24.3 Å². The molecule has 0 bridgehead atoms. The fourth-order valence-corrected chi connectivity index (χ4v) is 3.24. The molecule has 0 radical (unpaired) electrons. The smallest absolute Gasteiger partial charge is 0.387 e. The van der Waals surface area contributed by atoms with Crippen LogP contribution in [0.3, 0.4) is 0 Å². The Kier molecular flexibility index (Phi) is 6.65. The van der Waals surface area contributed by atoms with Gasteiger partial charge in [0.1, 0.15) is 5.75 Å². The van der Waals surface area contributed by atoms with Gasteiger partial charge in [-0.15, -0.1) is 0 Å². The van der Waals surface area contributed by atoms with Crippen LogP contribution in [0.1, 0.15) is 11.1 Å². The van der Waals surface area contributed by atoms with Crippen LogP contribution in [0, 0.1) is 6.92 Å². The van der Waals surface area contributed by atoms with Gasteiger partial charge in [-0.3, -0.25) is 4.79 Å². The topological polar surface area (TPSA) is 84.5 Å². The van der Waals surface area contributed by atoms with Gasteiger partial charge in [0, 0.05) is 17.3 Å². The molecule has 2 aromatic rings. The minimum absolute atomic E-state index is 0.0439. The van der Waals surface area contributed by atoms with Crippen LogP contribution in [0.5, 0.6) is 5.75 Å². The average molecular weight is 396 g/mol. The van der Waals surface area contributed by atoms with Crippen LogP contribution in [-0.2, 0) is 14.8 Å². The molecule has 1 amide bonds.